The Hall–Kier alpha value is -0.550. The Bertz CT molecular complexity index is 311. The second kappa shape index (κ2) is 4.31. The highest BCUT2D eigenvalue weighted by atomic mass is 79.9. The van der Waals surface area contributed by atoms with Crippen molar-refractivity contribution >= 4 is 15.9 Å². The van der Waals surface area contributed by atoms with E-state index in [1.807, 2.05) is 0 Å². The van der Waals surface area contributed by atoms with Crippen LogP contribution in [0.2, 0.25) is 0 Å². The fourth-order valence-corrected chi connectivity index (χ4v) is 1.43. The van der Waals surface area contributed by atoms with E-state index in [1.54, 1.807) is 24.3 Å². The molecular weight excluding hydrogens is 261 g/mol. The molecule has 1 rings (SSSR count). The summed E-state index contributed by atoms with van der Waals surface area (Å²) in [6.07, 6.45) is -7.29. The maximum atomic E-state index is 12.0. The van der Waals surface area contributed by atoms with Gasteiger partial charge in [0.05, 0.1) is 0 Å². The van der Waals surface area contributed by atoms with Gasteiger partial charge in [-0.2, -0.15) is 13.2 Å². The van der Waals surface area contributed by atoms with Crippen LogP contribution >= 0.6 is 15.9 Å². The Morgan fingerprint density at radius 2 is 1.86 bits per heavy atom. The summed E-state index contributed by atoms with van der Waals surface area (Å²) in [5.74, 6) is 0. The first-order chi connectivity index (χ1) is 6.41. The molecule has 0 bridgehead atoms. The molecule has 0 aliphatic heterocycles. The molecular formula is C9H8BrF3O. The van der Waals surface area contributed by atoms with Crippen LogP contribution in [0.3, 0.4) is 0 Å². The van der Waals surface area contributed by atoms with Gasteiger partial charge in [0.15, 0.2) is 6.10 Å². The summed E-state index contributed by atoms with van der Waals surface area (Å²) in [5, 5.41) is 8.82. The van der Waals surface area contributed by atoms with Crippen molar-refractivity contribution in [2.75, 3.05) is 0 Å². The van der Waals surface area contributed by atoms with Crippen molar-refractivity contribution in [2.24, 2.45) is 0 Å². The summed E-state index contributed by atoms with van der Waals surface area (Å²) in [5.41, 5.74) is 0.442. The molecule has 0 aliphatic carbocycles. The molecule has 0 fully saturated rings. The number of alkyl halides is 3. The summed E-state index contributed by atoms with van der Waals surface area (Å²) >= 11 is 3.11. The predicted molar refractivity (Wildman–Crippen MR) is 49.9 cm³/mol. The molecule has 5 heteroatoms. The van der Waals surface area contributed by atoms with E-state index in [9.17, 15) is 13.2 Å². The Morgan fingerprint density at radius 1 is 1.29 bits per heavy atom. The molecule has 1 atom stereocenters. The normalized spacial score (nSPS) is 14.1. The van der Waals surface area contributed by atoms with E-state index in [2.05, 4.69) is 15.9 Å². The van der Waals surface area contributed by atoms with Gasteiger partial charge in [0.25, 0.3) is 0 Å². The summed E-state index contributed by atoms with van der Waals surface area (Å²) in [4.78, 5) is 0. The van der Waals surface area contributed by atoms with Crippen molar-refractivity contribution in [2.45, 2.75) is 18.7 Å². The van der Waals surface area contributed by atoms with Gasteiger partial charge in [-0.15, -0.1) is 0 Å². The van der Waals surface area contributed by atoms with Crippen LogP contribution in [-0.2, 0) is 6.42 Å². The molecule has 0 aromatic heterocycles. The van der Waals surface area contributed by atoms with E-state index in [-0.39, 0.29) is 0 Å². The van der Waals surface area contributed by atoms with Gasteiger partial charge in [0.1, 0.15) is 0 Å². The third-order valence-corrected chi connectivity index (χ3v) is 2.52. The van der Waals surface area contributed by atoms with Crippen LogP contribution < -0.4 is 0 Å². The molecule has 1 N–H and O–H groups in total. The summed E-state index contributed by atoms with van der Waals surface area (Å²) in [6.45, 7) is 0. The van der Waals surface area contributed by atoms with E-state index in [0.29, 0.717) is 10.0 Å². The fraction of sp³-hybridized carbons (Fsp3) is 0.333. The summed E-state index contributed by atoms with van der Waals surface area (Å²) < 4.78 is 36.6. The van der Waals surface area contributed by atoms with Crippen LogP contribution in [0.5, 0.6) is 0 Å². The van der Waals surface area contributed by atoms with Gasteiger partial charge in [-0.05, 0) is 11.6 Å². The highest BCUT2D eigenvalue weighted by Gasteiger charge is 2.38. The Kier molecular flexibility index (Phi) is 3.55. The van der Waals surface area contributed by atoms with Crippen molar-refractivity contribution in [1.82, 2.24) is 0 Å². The number of rotatable bonds is 2. The smallest absolute Gasteiger partial charge is 0.383 e. The first-order valence-electron chi connectivity index (χ1n) is 3.89. The third-order valence-electron chi connectivity index (χ3n) is 1.75. The Labute approximate surface area is 87.7 Å². The highest BCUT2D eigenvalue weighted by Crippen LogP contribution is 2.25. The molecule has 78 valence electrons. The lowest BCUT2D eigenvalue weighted by atomic mass is 10.1. The minimum atomic E-state index is -4.56. The molecule has 1 aromatic rings. The largest absolute Gasteiger partial charge is 0.414 e. The minimum absolute atomic E-state index is 0.426. The van der Waals surface area contributed by atoms with E-state index < -0.39 is 18.7 Å². The van der Waals surface area contributed by atoms with Crippen molar-refractivity contribution < 1.29 is 18.3 Å². The third kappa shape index (κ3) is 2.99. The van der Waals surface area contributed by atoms with Gasteiger partial charge < -0.3 is 5.11 Å². The quantitative estimate of drug-likeness (QED) is 0.875. The predicted octanol–water partition coefficient (Wildman–Crippen LogP) is 2.91. The zero-order valence-corrected chi connectivity index (χ0v) is 8.64. The monoisotopic (exact) mass is 268 g/mol. The van der Waals surface area contributed by atoms with Gasteiger partial charge in [-0.25, -0.2) is 0 Å². The molecule has 0 amide bonds. The SMILES string of the molecule is O[C@@H](Cc1ccccc1Br)C(F)(F)F. The molecule has 0 saturated heterocycles. The number of aliphatic hydroxyl groups excluding tert-OH is 1. The zero-order valence-electron chi connectivity index (χ0n) is 7.05. The van der Waals surface area contributed by atoms with Crippen LogP contribution in [0, 0.1) is 0 Å². The molecule has 0 heterocycles. The number of benzene rings is 1. The second-order valence-corrected chi connectivity index (χ2v) is 3.71. The molecule has 0 spiro atoms. The topological polar surface area (TPSA) is 20.2 Å². The van der Waals surface area contributed by atoms with Crippen LogP contribution in [0.25, 0.3) is 0 Å². The summed E-state index contributed by atoms with van der Waals surface area (Å²) in [6, 6.07) is 6.51. The molecule has 14 heavy (non-hydrogen) atoms. The van der Waals surface area contributed by atoms with Gasteiger partial charge in [0.2, 0.25) is 0 Å². The number of aliphatic hydroxyl groups is 1. The lowest BCUT2D eigenvalue weighted by Crippen LogP contribution is -2.30. The van der Waals surface area contributed by atoms with Crippen molar-refractivity contribution in [3.63, 3.8) is 0 Å². The minimum Gasteiger partial charge on any atom is -0.383 e. The first-order valence-corrected chi connectivity index (χ1v) is 4.68. The highest BCUT2D eigenvalue weighted by molar-refractivity contribution is 9.10. The molecule has 1 aromatic carbocycles. The van der Waals surface area contributed by atoms with Crippen molar-refractivity contribution in [1.29, 1.82) is 0 Å². The van der Waals surface area contributed by atoms with Crippen molar-refractivity contribution in [3.05, 3.63) is 34.3 Å². The van der Waals surface area contributed by atoms with Crippen LogP contribution in [0.4, 0.5) is 13.2 Å². The average Bonchev–Trinajstić information content (AvgIpc) is 2.07. The maximum absolute atomic E-state index is 12.0. The first kappa shape index (κ1) is 11.5. The molecule has 0 radical (unpaired) electrons. The van der Waals surface area contributed by atoms with E-state index in [0.717, 1.165) is 0 Å². The van der Waals surface area contributed by atoms with Crippen LogP contribution in [-0.4, -0.2) is 17.4 Å². The maximum Gasteiger partial charge on any atom is 0.414 e. The number of hydrogen-bond donors (Lipinski definition) is 1. The van der Waals surface area contributed by atoms with Gasteiger partial charge in [-0.3, -0.25) is 0 Å². The van der Waals surface area contributed by atoms with E-state index in [4.69, 9.17) is 5.11 Å². The van der Waals surface area contributed by atoms with E-state index in [1.165, 1.54) is 0 Å². The summed E-state index contributed by atoms with van der Waals surface area (Å²) in [7, 11) is 0. The number of hydrogen-bond acceptors (Lipinski definition) is 1. The van der Waals surface area contributed by atoms with Gasteiger partial charge >= 0.3 is 6.18 Å². The number of halogens is 4. The molecule has 0 aliphatic rings. The van der Waals surface area contributed by atoms with Gasteiger partial charge in [0, 0.05) is 10.9 Å². The molecule has 1 nitrogen and oxygen atoms in total. The van der Waals surface area contributed by atoms with E-state index >= 15 is 0 Å². The lowest BCUT2D eigenvalue weighted by molar-refractivity contribution is -0.203. The zero-order chi connectivity index (χ0) is 10.8. The molecule has 0 saturated carbocycles. The van der Waals surface area contributed by atoms with Crippen molar-refractivity contribution in [3.8, 4) is 0 Å². The second-order valence-electron chi connectivity index (χ2n) is 2.85. The lowest BCUT2D eigenvalue weighted by Gasteiger charge is -2.14. The Balaban J connectivity index is 2.75. The molecule has 0 unspecified atom stereocenters. The average molecular weight is 269 g/mol. The fourth-order valence-electron chi connectivity index (χ4n) is 0.988. The van der Waals surface area contributed by atoms with Gasteiger partial charge in [-0.1, -0.05) is 34.1 Å². The Morgan fingerprint density at radius 3 is 2.36 bits per heavy atom. The van der Waals surface area contributed by atoms with Crippen LogP contribution in [0.15, 0.2) is 28.7 Å². The van der Waals surface area contributed by atoms with Crippen LogP contribution in [0.1, 0.15) is 5.56 Å². The standard InChI is InChI=1S/C9H8BrF3O/c10-7-4-2-1-3-6(7)5-8(14)9(11,12)13/h1-4,8,14H,5H2/t8-/m0/s1.